The Kier molecular flexibility index (Phi) is 8.82. The minimum atomic E-state index is -2.89. The normalized spacial score (nSPS) is 26.6. The van der Waals surface area contributed by atoms with Crippen molar-refractivity contribution < 1.29 is 22.5 Å². The molecule has 2 saturated heterocycles. The van der Waals surface area contributed by atoms with Crippen molar-refractivity contribution >= 4 is 40.1 Å². The summed E-state index contributed by atoms with van der Waals surface area (Å²) < 4.78 is 29.4. The van der Waals surface area contributed by atoms with Crippen molar-refractivity contribution in [1.82, 2.24) is 19.5 Å². The van der Waals surface area contributed by atoms with Crippen molar-refractivity contribution in [3.05, 3.63) is 16.7 Å². The molecule has 224 valence electrons. The van der Waals surface area contributed by atoms with Gasteiger partial charge in [-0.15, -0.1) is 0 Å². The number of carbonyl (C=O) groups excluding carboxylic acids is 1. The van der Waals surface area contributed by atoms with Gasteiger partial charge in [0.25, 0.3) is 5.56 Å². The number of imidazole rings is 1. The van der Waals surface area contributed by atoms with E-state index in [9.17, 15) is 9.59 Å². The van der Waals surface area contributed by atoms with Gasteiger partial charge < -0.3 is 23.4 Å². The molecule has 4 heterocycles. The Labute approximate surface area is 238 Å². The number of anilines is 1. The average molecular weight is 595 g/mol. The maximum atomic E-state index is 12.8. The molecule has 40 heavy (non-hydrogen) atoms. The van der Waals surface area contributed by atoms with E-state index in [1.165, 1.54) is 6.33 Å². The predicted octanol–water partition coefficient (Wildman–Crippen LogP) is 3.90. The molecule has 4 atom stereocenters. The Morgan fingerprint density at radius 3 is 2.20 bits per heavy atom. The molecule has 2 aliphatic heterocycles. The molecule has 4 N–H and O–H groups in total. The molecule has 0 aromatic carbocycles. The van der Waals surface area contributed by atoms with Crippen molar-refractivity contribution in [1.29, 1.82) is 0 Å². The lowest BCUT2D eigenvalue weighted by Gasteiger charge is -2.51. The topological polar surface area (TPSA) is 156 Å². The van der Waals surface area contributed by atoms with E-state index in [2.05, 4.69) is 75.7 Å². The monoisotopic (exact) mass is 594 g/mol. The second-order valence-electron chi connectivity index (χ2n) is 12.6. The molecule has 2 aliphatic rings. The van der Waals surface area contributed by atoms with Crippen LogP contribution in [-0.2, 0) is 22.5 Å². The Hall–Kier alpha value is -1.95. The third-order valence-corrected chi connectivity index (χ3v) is 18.4. The lowest BCUT2D eigenvalue weighted by atomic mass is 10.1. The molecule has 12 nitrogen and oxygen atoms in total. The molecule has 14 heteroatoms. The number of rotatable bonds is 7. The van der Waals surface area contributed by atoms with Crippen molar-refractivity contribution in [2.45, 2.75) is 116 Å². The number of hydrogen-bond donors (Lipinski definition) is 3. The summed E-state index contributed by atoms with van der Waals surface area (Å²) in [4.78, 5) is 36.4. The number of nitrogens with two attached hydrogens (primary N) is 1. The number of H-pyrrole nitrogens is 1. The lowest BCUT2D eigenvalue weighted by molar-refractivity contribution is -0.118. The maximum Gasteiger partial charge on any atom is 0.335 e. The smallest absolute Gasteiger partial charge is 0.335 e. The number of nitrogens with one attached hydrogen (secondary N) is 2. The molecule has 0 radical (unpaired) electrons. The molecule has 0 bridgehead atoms. The van der Waals surface area contributed by atoms with E-state index in [1.54, 1.807) is 18.4 Å². The van der Waals surface area contributed by atoms with Crippen LogP contribution in [0.25, 0.3) is 11.2 Å². The van der Waals surface area contributed by atoms with Crippen LogP contribution in [0.4, 0.5) is 5.95 Å². The summed E-state index contributed by atoms with van der Waals surface area (Å²) in [5, 5.41) is 2.66. The lowest BCUT2D eigenvalue weighted by Crippen LogP contribution is -2.66. The van der Waals surface area contributed by atoms with Gasteiger partial charge in [-0.25, -0.2) is 4.98 Å². The average Bonchev–Trinajstić information content (AvgIpc) is 3.39. The van der Waals surface area contributed by atoms with Gasteiger partial charge in [-0.05, 0) is 22.2 Å². The molecular formula is C26H46N6O6Si2. The van der Waals surface area contributed by atoms with Gasteiger partial charge in [0, 0.05) is 5.92 Å². The van der Waals surface area contributed by atoms with E-state index in [0.717, 1.165) is 0 Å². The van der Waals surface area contributed by atoms with E-state index in [4.69, 9.17) is 23.4 Å². The number of fused-ring (bicyclic) bond motifs is 2. The highest BCUT2D eigenvalue weighted by atomic mass is 28.5. The van der Waals surface area contributed by atoms with Crippen LogP contribution >= 0.6 is 0 Å². The summed E-state index contributed by atoms with van der Waals surface area (Å²) in [5.74, 6) is -0.510. The van der Waals surface area contributed by atoms with Crippen LogP contribution in [-0.4, -0.2) is 67.4 Å². The summed E-state index contributed by atoms with van der Waals surface area (Å²) in [6.07, 6.45) is -0.159. The Morgan fingerprint density at radius 1 is 1.05 bits per heavy atom. The Morgan fingerprint density at radius 2 is 1.65 bits per heavy atom. The first kappa shape index (κ1) is 31.0. The fourth-order valence-electron chi connectivity index (χ4n) is 5.87. The van der Waals surface area contributed by atoms with Crippen LogP contribution in [0.3, 0.4) is 0 Å². The van der Waals surface area contributed by atoms with Gasteiger partial charge in [-0.2, -0.15) is 4.98 Å². The van der Waals surface area contributed by atoms with Gasteiger partial charge >= 0.3 is 17.1 Å². The van der Waals surface area contributed by atoms with Crippen LogP contribution in [0, 0.1) is 5.92 Å². The SMILES string of the molecule is CC(C)C(=O)Nc1nc2c(ncn2[C@@H]2O[C@@H]3CO[Si](C(C)C)(C(C)C)O[Si](C(C)C)(C(C)C)O[C@H]3[C@H]2N)c(=O)[nH]1. The fraction of sp³-hybridized carbons (Fsp3) is 0.769. The van der Waals surface area contributed by atoms with Gasteiger partial charge in [0.05, 0.1) is 25.1 Å². The summed E-state index contributed by atoms with van der Waals surface area (Å²) in [6.45, 7) is 21.1. The van der Waals surface area contributed by atoms with Gasteiger partial charge in [-0.3, -0.25) is 24.5 Å². The summed E-state index contributed by atoms with van der Waals surface area (Å²) >= 11 is 0. The standard InChI is InChI=1S/C26H46N6O6Si2/c1-13(2)23(33)30-26-29-22-20(24(34)31-26)28-12-32(22)25-19(27)21-18(36-25)11-35-39(14(3)4,15(5)6)38-40(37-21,16(7)8)17(9)10/h12-19,21,25H,11,27H2,1-10H3,(H2,29,30,31,33,34)/t18-,19-,21-,25-/m1/s1. The second kappa shape index (κ2) is 11.4. The van der Waals surface area contributed by atoms with E-state index in [0.29, 0.717) is 0 Å². The zero-order valence-corrected chi connectivity index (χ0v) is 27.3. The second-order valence-corrected chi connectivity index (χ2v) is 21.4. The number of nitrogens with zero attached hydrogens (tertiary/aromatic N) is 3. The van der Waals surface area contributed by atoms with E-state index < -0.39 is 47.2 Å². The largest absolute Gasteiger partial charge is 0.414 e. The highest BCUT2D eigenvalue weighted by molar-refractivity contribution is 6.84. The number of carbonyl (C=O) groups is 1. The summed E-state index contributed by atoms with van der Waals surface area (Å²) in [5.41, 5.74) is 7.50. The molecule has 4 rings (SSSR count). The zero-order chi connectivity index (χ0) is 29.7. The maximum absolute atomic E-state index is 12.8. The van der Waals surface area contributed by atoms with Gasteiger partial charge in [0.15, 0.2) is 17.4 Å². The van der Waals surface area contributed by atoms with E-state index in [-0.39, 0.29) is 57.7 Å². The highest BCUT2D eigenvalue weighted by Crippen LogP contribution is 2.48. The van der Waals surface area contributed by atoms with Gasteiger partial charge in [0.2, 0.25) is 11.9 Å². The van der Waals surface area contributed by atoms with Crippen molar-refractivity contribution in [3.8, 4) is 0 Å². The molecule has 0 saturated carbocycles. The Balaban J connectivity index is 1.76. The highest BCUT2D eigenvalue weighted by Gasteiger charge is 2.61. The third-order valence-electron chi connectivity index (χ3n) is 8.19. The molecule has 2 aromatic rings. The third kappa shape index (κ3) is 5.23. The molecule has 0 unspecified atom stereocenters. The molecule has 1 amide bonds. The first-order valence-electron chi connectivity index (χ1n) is 14.3. The minimum absolute atomic E-state index is 0.0409. The van der Waals surface area contributed by atoms with Gasteiger partial charge in [0.1, 0.15) is 6.10 Å². The fourth-order valence-corrected chi connectivity index (χ4v) is 17.1. The minimum Gasteiger partial charge on any atom is -0.414 e. The van der Waals surface area contributed by atoms with Crippen LogP contribution in [0.15, 0.2) is 11.1 Å². The number of ether oxygens (including phenoxy) is 1. The molecular weight excluding hydrogens is 548 g/mol. The first-order chi connectivity index (χ1) is 18.6. The molecule has 2 fully saturated rings. The first-order valence-corrected chi connectivity index (χ1v) is 18.3. The Bertz CT molecular complexity index is 1260. The van der Waals surface area contributed by atoms with Crippen molar-refractivity contribution in [3.63, 3.8) is 0 Å². The number of aromatic nitrogens is 4. The zero-order valence-electron chi connectivity index (χ0n) is 25.3. The van der Waals surface area contributed by atoms with Crippen molar-refractivity contribution in [2.75, 3.05) is 11.9 Å². The van der Waals surface area contributed by atoms with Crippen LogP contribution < -0.4 is 16.6 Å². The summed E-state index contributed by atoms with van der Waals surface area (Å²) in [7, 11) is -5.63. The molecule has 0 aliphatic carbocycles. The number of aromatic amines is 1. The number of amides is 1. The quantitative estimate of drug-likeness (QED) is 0.405. The van der Waals surface area contributed by atoms with Crippen LogP contribution in [0.5, 0.6) is 0 Å². The summed E-state index contributed by atoms with van der Waals surface area (Å²) in [6, 6.07) is -0.610. The number of hydrogen-bond acceptors (Lipinski definition) is 9. The predicted molar refractivity (Wildman–Crippen MR) is 157 cm³/mol. The van der Waals surface area contributed by atoms with E-state index >= 15 is 0 Å². The van der Waals surface area contributed by atoms with Crippen LogP contribution in [0.1, 0.15) is 75.5 Å². The molecule has 2 aromatic heterocycles. The van der Waals surface area contributed by atoms with Gasteiger partial charge in [-0.1, -0.05) is 69.2 Å². The molecule has 0 spiro atoms. The van der Waals surface area contributed by atoms with Crippen LogP contribution in [0.2, 0.25) is 22.2 Å². The van der Waals surface area contributed by atoms with E-state index in [1.807, 2.05) is 0 Å². The van der Waals surface area contributed by atoms with Crippen molar-refractivity contribution in [2.24, 2.45) is 11.7 Å².